The highest BCUT2D eigenvalue weighted by molar-refractivity contribution is 7.18. The quantitative estimate of drug-likeness (QED) is 0.660. The standard InChI is InChI=1S/C25H31N5O2S/c1-24(2)14-18(15-25(3,4)28-24)30(6)23-27-26-22(33-23)19-9-7-17(13-20(19)31)16-8-10-21(32)29(5)12-11-16/h7-10,12-13,18,28,31H,14-15H2,1-6H3. The fourth-order valence-corrected chi connectivity index (χ4v) is 5.69. The number of aromatic nitrogens is 2. The Labute approximate surface area is 199 Å². The second-order valence-corrected chi connectivity index (χ2v) is 11.1. The summed E-state index contributed by atoms with van der Waals surface area (Å²) in [5, 5.41) is 24.8. The molecular formula is C25H31N5O2S. The van der Waals surface area contributed by atoms with Crippen molar-refractivity contribution in [2.45, 2.75) is 57.7 Å². The lowest BCUT2D eigenvalue weighted by molar-refractivity contribution is -0.122. The maximum atomic E-state index is 11.8. The van der Waals surface area contributed by atoms with Gasteiger partial charge in [0.1, 0.15) is 5.75 Å². The van der Waals surface area contributed by atoms with Gasteiger partial charge in [0.05, 0.1) is 5.56 Å². The molecule has 0 unspecified atom stereocenters. The SMILES string of the molecule is CN1C=C=C(c2ccc(-c3nnc(N(C)C4CC(C)(C)NC(C)(C)C4)s3)c(O)c2)C=CC1=O. The van der Waals surface area contributed by atoms with E-state index < -0.39 is 0 Å². The van der Waals surface area contributed by atoms with Crippen LogP contribution in [0.5, 0.6) is 5.75 Å². The molecule has 0 bridgehead atoms. The summed E-state index contributed by atoms with van der Waals surface area (Å²) >= 11 is 1.48. The lowest BCUT2D eigenvalue weighted by atomic mass is 9.79. The average molecular weight is 466 g/mol. The second kappa shape index (κ2) is 8.45. The van der Waals surface area contributed by atoms with Gasteiger partial charge in [-0.3, -0.25) is 4.79 Å². The summed E-state index contributed by atoms with van der Waals surface area (Å²) in [5.41, 5.74) is 5.31. The number of benzene rings is 1. The molecule has 0 spiro atoms. The number of nitrogens with zero attached hydrogens (tertiary/aromatic N) is 4. The predicted molar refractivity (Wildman–Crippen MR) is 133 cm³/mol. The summed E-state index contributed by atoms with van der Waals surface area (Å²) in [6.45, 7) is 8.95. The fourth-order valence-electron chi connectivity index (χ4n) is 4.78. The Morgan fingerprint density at radius 2 is 1.88 bits per heavy atom. The molecule has 4 rings (SSSR count). The van der Waals surface area contributed by atoms with Crippen LogP contribution in [-0.2, 0) is 4.79 Å². The molecular weight excluding hydrogens is 434 g/mol. The molecule has 0 radical (unpaired) electrons. The zero-order chi connectivity index (χ0) is 24.0. The zero-order valence-corrected chi connectivity index (χ0v) is 20.8. The Balaban J connectivity index is 1.57. The van der Waals surface area contributed by atoms with Gasteiger partial charge in [-0.1, -0.05) is 23.1 Å². The van der Waals surface area contributed by atoms with Crippen molar-refractivity contribution in [2.24, 2.45) is 0 Å². The van der Waals surface area contributed by atoms with Crippen LogP contribution in [0.1, 0.15) is 46.1 Å². The molecule has 33 heavy (non-hydrogen) atoms. The minimum atomic E-state index is -0.121. The number of piperidine rings is 1. The normalized spacial score (nSPS) is 20.0. The largest absolute Gasteiger partial charge is 0.507 e. The van der Waals surface area contributed by atoms with E-state index in [9.17, 15) is 9.90 Å². The number of phenols is 1. The number of likely N-dealkylation sites (N-methyl/N-ethyl adjacent to an activating group) is 1. The van der Waals surface area contributed by atoms with E-state index in [0.29, 0.717) is 16.6 Å². The van der Waals surface area contributed by atoms with Crippen LogP contribution in [0.4, 0.5) is 5.13 Å². The van der Waals surface area contributed by atoms with Crippen molar-refractivity contribution >= 4 is 27.9 Å². The van der Waals surface area contributed by atoms with Gasteiger partial charge >= 0.3 is 0 Å². The lowest BCUT2D eigenvalue weighted by Gasteiger charge is -2.48. The van der Waals surface area contributed by atoms with Crippen molar-refractivity contribution in [1.82, 2.24) is 20.4 Å². The van der Waals surface area contributed by atoms with Gasteiger partial charge in [-0.15, -0.1) is 10.2 Å². The van der Waals surface area contributed by atoms with E-state index in [2.05, 4.69) is 60.9 Å². The van der Waals surface area contributed by atoms with Crippen LogP contribution in [0, 0.1) is 0 Å². The molecule has 1 saturated heterocycles. The van der Waals surface area contributed by atoms with Crippen molar-refractivity contribution in [3.8, 4) is 16.3 Å². The third-order valence-electron chi connectivity index (χ3n) is 6.13. The van der Waals surface area contributed by atoms with Crippen LogP contribution in [0.25, 0.3) is 16.1 Å². The Bertz CT molecular complexity index is 1160. The maximum Gasteiger partial charge on any atom is 0.250 e. The number of hydrogen-bond acceptors (Lipinski definition) is 7. The molecule has 0 saturated carbocycles. The van der Waals surface area contributed by atoms with Crippen molar-refractivity contribution < 1.29 is 9.90 Å². The number of amides is 1. The number of hydrogen-bond donors (Lipinski definition) is 2. The van der Waals surface area contributed by atoms with Crippen LogP contribution in [0.3, 0.4) is 0 Å². The van der Waals surface area contributed by atoms with Crippen LogP contribution in [0.15, 0.2) is 42.3 Å². The molecule has 2 N–H and O–H groups in total. The first-order chi connectivity index (χ1) is 15.4. The van der Waals surface area contributed by atoms with Crippen LogP contribution in [0.2, 0.25) is 0 Å². The minimum absolute atomic E-state index is 0.0390. The number of rotatable bonds is 4. The molecule has 1 aromatic carbocycles. The number of anilines is 1. The summed E-state index contributed by atoms with van der Waals surface area (Å²) in [6.07, 6.45) is 6.81. The molecule has 1 aromatic heterocycles. The smallest absolute Gasteiger partial charge is 0.250 e. The van der Waals surface area contributed by atoms with Gasteiger partial charge in [0.25, 0.3) is 5.91 Å². The van der Waals surface area contributed by atoms with E-state index in [0.717, 1.165) is 29.1 Å². The third-order valence-corrected chi connectivity index (χ3v) is 7.17. The molecule has 8 heteroatoms. The van der Waals surface area contributed by atoms with E-state index in [1.165, 1.54) is 22.3 Å². The minimum Gasteiger partial charge on any atom is -0.507 e. The number of carbonyl (C=O) groups is 1. The van der Waals surface area contributed by atoms with E-state index in [4.69, 9.17) is 0 Å². The highest BCUT2D eigenvalue weighted by Crippen LogP contribution is 2.38. The molecule has 3 heterocycles. The molecule has 174 valence electrons. The zero-order valence-electron chi connectivity index (χ0n) is 20.0. The third kappa shape index (κ3) is 5.03. The summed E-state index contributed by atoms with van der Waals surface area (Å²) in [5.74, 6) is -0.00186. The van der Waals surface area contributed by atoms with Gasteiger partial charge < -0.3 is 20.2 Å². The molecule has 2 aliphatic rings. The Kier molecular flexibility index (Phi) is 5.95. The Hall–Kier alpha value is -2.93. The van der Waals surface area contributed by atoms with E-state index in [1.807, 2.05) is 12.1 Å². The summed E-state index contributed by atoms with van der Waals surface area (Å²) in [4.78, 5) is 15.5. The first kappa shape index (κ1) is 23.2. The molecule has 2 aromatic rings. The van der Waals surface area contributed by atoms with Gasteiger partial charge in [0, 0.05) is 49.1 Å². The second-order valence-electron chi connectivity index (χ2n) is 10.2. The van der Waals surface area contributed by atoms with Crippen molar-refractivity contribution in [2.75, 3.05) is 19.0 Å². The van der Waals surface area contributed by atoms with Gasteiger partial charge in [0.2, 0.25) is 5.13 Å². The fraction of sp³-hybridized carbons (Fsp3) is 0.440. The summed E-state index contributed by atoms with van der Waals surface area (Å²) < 4.78 is 0. The Morgan fingerprint density at radius 3 is 2.55 bits per heavy atom. The van der Waals surface area contributed by atoms with Crippen molar-refractivity contribution in [3.05, 3.63) is 47.8 Å². The number of aromatic hydroxyl groups is 1. The molecule has 2 aliphatic heterocycles. The van der Waals surface area contributed by atoms with Gasteiger partial charge in [0.15, 0.2) is 5.01 Å². The highest BCUT2D eigenvalue weighted by atomic mass is 32.1. The topological polar surface area (TPSA) is 81.6 Å². The Morgan fingerprint density at radius 1 is 1.18 bits per heavy atom. The number of allylic oxidation sites excluding steroid dienone is 2. The number of nitrogens with one attached hydrogen (secondary N) is 1. The molecule has 0 aliphatic carbocycles. The first-order valence-corrected chi connectivity index (χ1v) is 11.9. The number of phenolic OH excluding ortho intramolecular Hbond substituents is 1. The van der Waals surface area contributed by atoms with E-state index in [1.54, 1.807) is 25.4 Å². The first-order valence-electron chi connectivity index (χ1n) is 11.1. The monoisotopic (exact) mass is 465 g/mol. The van der Waals surface area contributed by atoms with Crippen molar-refractivity contribution in [1.29, 1.82) is 0 Å². The molecule has 7 nitrogen and oxygen atoms in total. The van der Waals surface area contributed by atoms with Gasteiger partial charge in [-0.25, -0.2) is 0 Å². The molecule has 0 atom stereocenters. The molecule has 1 fully saturated rings. The average Bonchev–Trinajstić information content (AvgIpc) is 3.13. The predicted octanol–water partition coefficient (Wildman–Crippen LogP) is 4.18. The van der Waals surface area contributed by atoms with Crippen LogP contribution >= 0.6 is 11.3 Å². The number of carbonyl (C=O) groups excluding carboxylic acids is 1. The van der Waals surface area contributed by atoms with Crippen LogP contribution < -0.4 is 10.2 Å². The maximum absolute atomic E-state index is 11.8. The van der Waals surface area contributed by atoms with Gasteiger partial charge in [-0.2, -0.15) is 0 Å². The summed E-state index contributed by atoms with van der Waals surface area (Å²) in [7, 11) is 3.75. The summed E-state index contributed by atoms with van der Waals surface area (Å²) in [6, 6.07) is 5.75. The van der Waals surface area contributed by atoms with Crippen LogP contribution in [-0.4, -0.2) is 57.3 Å². The lowest BCUT2D eigenvalue weighted by Crippen LogP contribution is -2.61. The van der Waals surface area contributed by atoms with E-state index in [-0.39, 0.29) is 22.7 Å². The molecule has 1 amide bonds. The highest BCUT2D eigenvalue weighted by Gasteiger charge is 2.39. The van der Waals surface area contributed by atoms with E-state index >= 15 is 0 Å². The van der Waals surface area contributed by atoms with Crippen molar-refractivity contribution in [3.63, 3.8) is 0 Å². The van der Waals surface area contributed by atoms with Gasteiger partial charge in [-0.05, 0) is 64.3 Å².